The average molecular weight is 371 g/mol. The van der Waals surface area contributed by atoms with Gasteiger partial charge < -0.3 is 4.57 Å². The topological polar surface area (TPSA) is 72.7 Å². The molecule has 0 aliphatic rings. The van der Waals surface area contributed by atoms with E-state index in [0.29, 0.717) is 23.5 Å². The Bertz CT molecular complexity index is 846. The van der Waals surface area contributed by atoms with E-state index in [1.807, 2.05) is 17.6 Å². The van der Waals surface area contributed by atoms with Crippen LogP contribution in [0, 0.1) is 0 Å². The molecule has 0 fully saturated rings. The molecule has 0 aromatic carbocycles. The lowest BCUT2D eigenvalue weighted by Gasteiger charge is -2.07. The van der Waals surface area contributed by atoms with Gasteiger partial charge in [0.1, 0.15) is 0 Å². The number of hydrogen-bond acceptors (Lipinski definition) is 4. The van der Waals surface area contributed by atoms with Gasteiger partial charge in [0.25, 0.3) is 5.56 Å². The molecule has 0 spiro atoms. The van der Waals surface area contributed by atoms with Crippen molar-refractivity contribution in [2.24, 2.45) is 7.05 Å². The second-order valence-electron chi connectivity index (χ2n) is 5.70. The molecule has 24 heavy (non-hydrogen) atoms. The minimum atomic E-state index is -0.448. The molecule has 2 heterocycles. The van der Waals surface area contributed by atoms with Gasteiger partial charge in [-0.2, -0.15) is 0 Å². The third kappa shape index (κ3) is 4.33. The first-order valence-electron chi connectivity index (χ1n) is 8.10. The smallest absolute Gasteiger partial charge is 0.313 e. The maximum atomic E-state index is 12.3. The molecule has 0 amide bonds. The zero-order valence-corrected chi connectivity index (χ0v) is 15.8. The molecule has 2 rings (SSSR count). The number of aryl methyl sites for hydroxylation is 2. The highest BCUT2D eigenvalue weighted by Crippen LogP contribution is 2.23. The van der Waals surface area contributed by atoms with Gasteiger partial charge >= 0.3 is 5.69 Å². The number of halogens is 1. The van der Waals surface area contributed by atoms with E-state index < -0.39 is 5.69 Å². The second-order valence-corrected chi connectivity index (χ2v) is 7.28. The number of nitrogens with zero attached hydrogens (tertiary/aromatic N) is 3. The molecular weight excluding hydrogens is 348 g/mol. The van der Waals surface area contributed by atoms with Crippen molar-refractivity contribution in [2.45, 2.75) is 51.2 Å². The van der Waals surface area contributed by atoms with E-state index in [9.17, 15) is 9.59 Å². The van der Waals surface area contributed by atoms with Crippen molar-refractivity contribution in [1.29, 1.82) is 0 Å². The van der Waals surface area contributed by atoms with Crippen LogP contribution in [0.4, 0.5) is 0 Å². The lowest BCUT2D eigenvalue weighted by molar-refractivity contribution is 0.562. The van der Waals surface area contributed by atoms with Gasteiger partial charge in [-0.1, -0.05) is 55.6 Å². The van der Waals surface area contributed by atoms with Crippen LogP contribution in [0.15, 0.2) is 25.9 Å². The van der Waals surface area contributed by atoms with E-state index in [2.05, 4.69) is 16.9 Å². The summed E-state index contributed by atoms with van der Waals surface area (Å²) >= 11 is 7.38. The number of aromatic nitrogens is 4. The normalized spacial score (nSPS) is 12.2. The van der Waals surface area contributed by atoms with Gasteiger partial charge in [-0.3, -0.25) is 14.3 Å². The molecule has 2 aromatic rings. The fraction of sp³-hybridized carbons (Fsp3) is 0.562. The number of fused-ring (bicyclic) bond motifs is 1. The first kappa shape index (κ1) is 18.9. The van der Waals surface area contributed by atoms with Crippen molar-refractivity contribution >= 4 is 34.5 Å². The highest BCUT2D eigenvalue weighted by Gasteiger charge is 2.17. The van der Waals surface area contributed by atoms with Crippen molar-refractivity contribution < 1.29 is 0 Å². The number of unbranched alkanes of at least 4 members (excludes halogenated alkanes) is 3. The summed E-state index contributed by atoms with van der Waals surface area (Å²) in [6, 6.07) is 0. The molecule has 0 bridgehead atoms. The van der Waals surface area contributed by atoms with Crippen LogP contribution in [0.25, 0.3) is 11.2 Å². The monoisotopic (exact) mass is 370 g/mol. The van der Waals surface area contributed by atoms with Crippen LogP contribution in [0.5, 0.6) is 0 Å². The van der Waals surface area contributed by atoms with Gasteiger partial charge in [-0.05, 0) is 13.3 Å². The number of thioether (sulfide) groups is 1. The summed E-state index contributed by atoms with van der Waals surface area (Å²) in [6.07, 6.45) is 6.29. The van der Waals surface area contributed by atoms with E-state index in [1.54, 1.807) is 7.05 Å². The maximum Gasteiger partial charge on any atom is 0.329 e. The van der Waals surface area contributed by atoms with Gasteiger partial charge in [0, 0.05) is 24.4 Å². The van der Waals surface area contributed by atoms with E-state index in [-0.39, 0.29) is 5.56 Å². The predicted molar refractivity (Wildman–Crippen MR) is 100 cm³/mol. The second kappa shape index (κ2) is 8.58. The molecule has 1 N–H and O–H groups in total. The molecule has 2 aromatic heterocycles. The van der Waals surface area contributed by atoms with Gasteiger partial charge in [0.2, 0.25) is 0 Å². The number of allylic oxidation sites excluding steroid dienone is 1. The maximum absolute atomic E-state index is 12.3. The first-order chi connectivity index (χ1) is 11.5. The average Bonchev–Trinajstić information content (AvgIpc) is 2.88. The summed E-state index contributed by atoms with van der Waals surface area (Å²) < 4.78 is 3.30. The van der Waals surface area contributed by atoms with Gasteiger partial charge in [0.15, 0.2) is 16.3 Å². The Morgan fingerprint density at radius 1 is 1.33 bits per heavy atom. The van der Waals surface area contributed by atoms with Gasteiger partial charge in [-0.25, -0.2) is 9.78 Å². The Labute approximate surface area is 149 Å². The zero-order valence-electron chi connectivity index (χ0n) is 14.3. The molecular formula is C16H23ClN4O2S. The van der Waals surface area contributed by atoms with E-state index in [1.165, 1.54) is 16.3 Å². The number of imidazole rings is 1. The van der Waals surface area contributed by atoms with Crippen molar-refractivity contribution in [3.63, 3.8) is 0 Å². The summed E-state index contributed by atoms with van der Waals surface area (Å²) in [5.74, 6) is 0.666. The van der Waals surface area contributed by atoms with Crippen molar-refractivity contribution in [2.75, 3.05) is 5.75 Å². The molecule has 0 saturated carbocycles. The van der Waals surface area contributed by atoms with E-state index in [4.69, 9.17) is 11.6 Å². The number of H-pyrrole nitrogens is 1. The van der Waals surface area contributed by atoms with Gasteiger partial charge in [-0.15, -0.1) is 0 Å². The molecule has 6 nitrogen and oxygen atoms in total. The Morgan fingerprint density at radius 2 is 2.08 bits per heavy atom. The van der Waals surface area contributed by atoms with E-state index in [0.717, 1.165) is 35.9 Å². The van der Waals surface area contributed by atoms with Crippen LogP contribution >= 0.6 is 23.4 Å². The van der Waals surface area contributed by atoms with Crippen molar-refractivity contribution in [3.8, 4) is 0 Å². The molecule has 0 saturated heterocycles. The van der Waals surface area contributed by atoms with Crippen LogP contribution in [-0.4, -0.2) is 24.9 Å². The minimum Gasteiger partial charge on any atom is -0.313 e. The largest absolute Gasteiger partial charge is 0.329 e. The third-order valence-corrected chi connectivity index (χ3v) is 4.84. The summed E-state index contributed by atoms with van der Waals surface area (Å²) in [4.78, 5) is 31.0. The summed E-state index contributed by atoms with van der Waals surface area (Å²) in [5.41, 5.74) is 0.0548. The lowest BCUT2D eigenvalue weighted by atomic mass is 10.2. The van der Waals surface area contributed by atoms with Crippen LogP contribution in [0.3, 0.4) is 0 Å². The standard InChI is InChI=1S/C16H23ClN4O2S/c1-4-5-6-7-9-21-12-13(20(3)15(23)19-14(12)22)18-16(21)24-10-8-11(2)17/h8H,4-7,9-10H2,1-3H3,(H,19,22,23). The lowest BCUT2D eigenvalue weighted by Crippen LogP contribution is -2.29. The predicted octanol–water partition coefficient (Wildman–Crippen LogP) is 3.24. The first-order valence-corrected chi connectivity index (χ1v) is 9.46. The summed E-state index contributed by atoms with van der Waals surface area (Å²) in [7, 11) is 1.62. The van der Waals surface area contributed by atoms with Crippen LogP contribution in [0.2, 0.25) is 0 Å². The summed E-state index contributed by atoms with van der Waals surface area (Å²) in [6.45, 7) is 4.70. The number of aromatic amines is 1. The molecule has 0 atom stereocenters. The third-order valence-electron chi connectivity index (χ3n) is 3.78. The fourth-order valence-electron chi connectivity index (χ4n) is 2.46. The molecule has 8 heteroatoms. The molecule has 0 aliphatic carbocycles. The van der Waals surface area contributed by atoms with Crippen LogP contribution in [-0.2, 0) is 13.6 Å². The highest BCUT2D eigenvalue weighted by atomic mass is 35.5. The Morgan fingerprint density at radius 3 is 2.75 bits per heavy atom. The van der Waals surface area contributed by atoms with Gasteiger partial charge in [0.05, 0.1) is 0 Å². The molecule has 0 unspecified atom stereocenters. The van der Waals surface area contributed by atoms with Crippen LogP contribution < -0.4 is 11.2 Å². The quantitative estimate of drug-likeness (QED) is 0.572. The van der Waals surface area contributed by atoms with Crippen molar-refractivity contribution in [1.82, 2.24) is 19.1 Å². The van der Waals surface area contributed by atoms with Crippen LogP contribution in [0.1, 0.15) is 39.5 Å². The highest BCUT2D eigenvalue weighted by molar-refractivity contribution is 7.99. The Kier molecular flexibility index (Phi) is 6.74. The summed E-state index contributed by atoms with van der Waals surface area (Å²) in [5, 5.41) is 1.46. The van der Waals surface area contributed by atoms with E-state index >= 15 is 0 Å². The fourth-order valence-corrected chi connectivity index (χ4v) is 3.60. The Balaban J connectivity index is 2.43. The zero-order chi connectivity index (χ0) is 17.7. The SMILES string of the molecule is CCCCCCn1c(SCC=C(C)Cl)nc2c1c(=O)[nH]c(=O)n2C. The van der Waals surface area contributed by atoms with Crippen molar-refractivity contribution in [3.05, 3.63) is 31.9 Å². The number of rotatable bonds is 8. The Hall–Kier alpha value is -1.47. The molecule has 0 aliphatic heterocycles. The number of hydrogen-bond donors (Lipinski definition) is 1. The minimum absolute atomic E-state index is 0.382. The molecule has 0 radical (unpaired) electrons. The molecule has 132 valence electrons. The number of nitrogens with one attached hydrogen (secondary N) is 1.